The highest BCUT2D eigenvalue weighted by Gasteiger charge is 2.34. The summed E-state index contributed by atoms with van der Waals surface area (Å²) in [6, 6.07) is 25.6. The molecule has 3 aromatic carbocycles. The number of amides is 1. The van der Waals surface area contributed by atoms with Crippen LogP contribution in [0.1, 0.15) is 34.0 Å². The van der Waals surface area contributed by atoms with Crippen LogP contribution in [0.15, 0.2) is 85.1 Å². The summed E-state index contributed by atoms with van der Waals surface area (Å²) >= 11 is 0. The van der Waals surface area contributed by atoms with Gasteiger partial charge in [0.25, 0.3) is 0 Å². The molecular weight excluding hydrogens is 530 g/mol. The lowest BCUT2D eigenvalue weighted by Crippen LogP contribution is -2.43. The zero-order chi connectivity index (χ0) is 29.3. The summed E-state index contributed by atoms with van der Waals surface area (Å²) in [6.07, 6.45) is 3.10. The number of pyridine rings is 1. The Morgan fingerprint density at radius 1 is 0.857 bits per heavy atom. The van der Waals surface area contributed by atoms with Crippen molar-refractivity contribution < 1.29 is 23.7 Å². The zero-order valence-corrected chi connectivity index (χ0v) is 24.3. The zero-order valence-electron chi connectivity index (χ0n) is 24.3. The fourth-order valence-corrected chi connectivity index (χ4v) is 5.47. The maximum Gasteiger partial charge on any atom is 0.234 e. The lowest BCUT2D eigenvalue weighted by molar-refractivity contribution is -0.123. The molecule has 1 aromatic heterocycles. The first-order valence-corrected chi connectivity index (χ1v) is 14.1. The Hall–Kier alpha value is -4.56. The number of carbonyl (C=O) groups is 1. The molecule has 8 nitrogen and oxygen atoms in total. The average Bonchev–Trinajstić information content (AvgIpc) is 3.04. The van der Waals surface area contributed by atoms with Crippen molar-refractivity contribution >= 4 is 5.91 Å². The molecule has 1 amide bonds. The van der Waals surface area contributed by atoms with E-state index in [2.05, 4.69) is 27.3 Å². The van der Waals surface area contributed by atoms with Crippen LogP contribution < -0.4 is 24.3 Å². The number of ether oxygens (including phenoxy) is 4. The number of fused-ring (bicyclic) bond motifs is 1. The highest BCUT2D eigenvalue weighted by molar-refractivity contribution is 5.78. The Morgan fingerprint density at radius 2 is 1.60 bits per heavy atom. The van der Waals surface area contributed by atoms with E-state index in [-0.39, 0.29) is 18.5 Å². The molecule has 5 rings (SSSR count). The summed E-state index contributed by atoms with van der Waals surface area (Å²) in [5.74, 6) is 2.90. The summed E-state index contributed by atoms with van der Waals surface area (Å²) in [7, 11) is 4.95. The molecule has 1 aliphatic heterocycles. The van der Waals surface area contributed by atoms with E-state index in [9.17, 15) is 4.79 Å². The molecule has 1 N–H and O–H groups in total. The standard InChI is InChI=1S/C34H37N3O5/c1-39-30-13-12-25(20-32(30)41-3)19-28-34-27(16-18-37(28)22-33(38)36-21-26-11-7-8-17-35-26)29(14-15-31(34)40-2)42-23-24-9-5-4-6-10-24/h4-15,17,20,28H,16,18-19,21-23H2,1-3H3,(H,36,38). The molecule has 0 fully saturated rings. The molecule has 8 heteroatoms. The van der Waals surface area contributed by atoms with Gasteiger partial charge in [0.05, 0.1) is 40.1 Å². The monoisotopic (exact) mass is 567 g/mol. The van der Waals surface area contributed by atoms with Crippen molar-refractivity contribution in [3.63, 3.8) is 0 Å². The van der Waals surface area contributed by atoms with Crippen molar-refractivity contribution in [2.24, 2.45) is 0 Å². The van der Waals surface area contributed by atoms with E-state index in [4.69, 9.17) is 18.9 Å². The van der Waals surface area contributed by atoms with Crippen molar-refractivity contribution in [3.05, 3.63) is 113 Å². The topological polar surface area (TPSA) is 82.2 Å². The fraction of sp³-hybridized carbons (Fsp3) is 0.294. The van der Waals surface area contributed by atoms with Gasteiger partial charge in [-0.15, -0.1) is 0 Å². The maximum absolute atomic E-state index is 13.2. The van der Waals surface area contributed by atoms with Gasteiger partial charge < -0.3 is 24.3 Å². The molecule has 1 aliphatic rings. The molecule has 2 heterocycles. The number of methoxy groups -OCH3 is 3. The van der Waals surface area contributed by atoms with Crippen LogP contribution in [0.5, 0.6) is 23.0 Å². The number of aromatic nitrogens is 1. The van der Waals surface area contributed by atoms with Crippen LogP contribution in [0.25, 0.3) is 0 Å². The second kappa shape index (κ2) is 13.9. The minimum absolute atomic E-state index is 0.0585. The first-order chi connectivity index (χ1) is 20.6. The summed E-state index contributed by atoms with van der Waals surface area (Å²) in [4.78, 5) is 19.7. The second-order valence-electron chi connectivity index (χ2n) is 10.2. The Morgan fingerprint density at radius 3 is 2.33 bits per heavy atom. The first kappa shape index (κ1) is 29.0. The highest BCUT2D eigenvalue weighted by atomic mass is 16.5. The van der Waals surface area contributed by atoms with Crippen LogP contribution in [0.2, 0.25) is 0 Å². The van der Waals surface area contributed by atoms with E-state index >= 15 is 0 Å². The van der Waals surface area contributed by atoms with Gasteiger partial charge in [0.2, 0.25) is 5.91 Å². The van der Waals surface area contributed by atoms with Gasteiger partial charge in [0.15, 0.2) is 11.5 Å². The first-order valence-electron chi connectivity index (χ1n) is 14.1. The largest absolute Gasteiger partial charge is 0.496 e. The van der Waals surface area contributed by atoms with Crippen LogP contribution in [-0.4, -0.2) is 50.2 Å². The smallest absolute Gasteiger partial charge is 0.234 e. The summed E-state index contributed by atoms with van der Waals surface area (Å²) < 4.78 is 23.3. The quantitative estimate of drug-likeness (QED) is 0.254. The van der Waals surface area contributed by atoms with Crippen LogP contribution >= 0.6 is 0 Å². The van der Waals surface area contributed by atoms with Gasteiger partial charge >= 0.3 is 0 Å². The average molecular weight is 568 g/mol. The third-order valence-electron chi connectivity index (χ3n) is 7.57. The molecule has 42 heavy (non-hydrogen) atoms. The molecule has 0 spiro atoms. The molecular formula is C34H37N3O5. The van der Waals surface area contributed by atoms with Gasteiger partial charge in [0.1, 0.15) is 18.1 Å². The SMILES string of the molecule is COc1ccc(CC2c3c(OC)ccc(OCc4ccccc4)c3CCN2CC(=O)NCc2ccccn2)cc1OC. The van der Waals surface area contributed by atoms with E-state index in [1.54, 1.807) is 27.5 Å². The van der Waals surface area contributed by atoms with Gasteiger partial charge in [-0.2, -0.15) is 0 Å². The van der Waals surface area contributed by atoms with E-state index in [0.29, 0.717) is 37.6 Å². The summed E-state index contributed by atoms with van der Waals surface area (Å²) in [6.45, 7) is 1.78. The summed E-state index contributed by atoms with van der Waals surface area (Å²) in [5.41, 5.74) is 5.13. The normalized spacial score (nSPS) is 14.5. The number of rotatable bonds is 12. The molecule has 1 unspecified atom stereocenters. The predicted molar refractivity (Wildman–Crippen MR) is 161 cm³/mol. The molecule has 1 atom stereocenters. The highest BCUT2D eigenvalue weighted by Crippen LogP contribution is 2.43. The molecule has 0 radical (unpaired) electrons. The maximum atomic E-state index is 13.2. The molecule has 0 bridgehead atoms. The summed E-state index contributed by atoms with van der Waals surface area (Å²) in [5, 5.41) is 3.03. The molecule has 0 aliphatic carbocycles. The van der Waals surface area contributed by atoms with E-state index in [0.717, 1.165) is 45.9 Å². The van der Waals surface area contributed by atoms with Crippen molar-refractivity contribution in [1.82, 2.24) is 15.2 Å². The molecule has 0 saturated heterocycles. The van der Waals surface area contributed by atoms with Crippen LogP contribution in [-0.2, 0) is 30.8 Å². The fourth-order valence-electron chi connectivity index (χ4n) is 5.47. The van der Waals surface area contributed by atoms with Crippen molar-refractivity contribution in [2.45, 2.75) is 32.0 Å². The molecule has 218 valence electrons. The third kappa shape index (κ3) is 6.83. The van der Waals surface area contributed by atoms with Gasteiger partial charge in [-0.25, -0.2) is 0 Å². The minimum Gasteiger partial charge on any atom is -0.496 e. The Balaban J connectivity index is 1.45. The van der Waals surface area contributed by atoms with E-state index in [1.807, 2.05) is 66.7 Å². The lowest BCUT2D eigenvalue weighted by Gasteiger charge is -2.38. The van der Waals surface area contributed by atoms with Gasteiger partial charge in [-0.3, -0.25) is 14.7 Å². The number of nitrogens with one attached hydrogen (secondary N) is 1. The van der Waals surface area contributed by atoms with Crippen LogP contribution in [0, 0.1) is 0 Å². The van der Waals surface area contributed by atoms with Gasteiger partial charge in [0, 0.05) is 29.9 Å². The Bertz CT molecular complexity index is 1480. The van der Waals surface area contributed by atoms with Crippen LogP contribution in [0.4, 0.5) is 0 Å². The lowest BCUT2D eigenvalue weighted by atomic mass is 9.87. The number of hydrogen-bond acceptors (Lipinski definition) is 7. The Kier molecular flexibility index (Phi) is 9.56. The third-order valence-corrected chi connectivity index (χ3v) is 7.57. The molecule has 4 aromatic rings. The van der Waals surface area contributed by atoms with Crippen molar-refractivity contribution in [3.8, 4) is 23.0 Å². The number of nitrogens with zero attached hydrogens (tertiary/aromatic N) is 2. The van der Waals surface area contributed by atoms with Crippen molar-refractivity contribution in [2.75, 3.05) is 34.4 Å². The second-order valence-corrected chi connectivity index (χ2v) is 10.2. The van der Waals surface area contributed by atoms with Gasteiger partial charge in [-0.05, 0) is 60.4 Å². The number of hydrogen-bond donors (Lipinski definition) is 1. The number of carbonyl (C=O) groups excluding carboxylic acids is 1. The van der Waals surface area contributed by atoms with E-state index < -0.39 is 0 Å². The Labute approximate surface area is 247 Å². The predicted octanol–water partition coefficient (Wildman–Crippen LogP) is 5.14. The van der Waals surface area contributed by atoms with Crippen LogP contribution in [0.3, 0.4) is 0 Å². The van der Waals surface area contributed by atoms with E-state index in [1.165, 1.54) is 0 Å². The van der Waals surface area contributed by atoms with Gasteiger partial charge in [-0.1, -0.05) is 42.5 Å². The van der Waals surface area contributed by atoms with Crippen molar-refractivity contribution in [1.29, 1.82) is 0 Å². The minimum atomic E-state index is -0.136. The number of benzene rings is 3. The molecule has 0 saturated carbocycles.